The van der Waals surface area contributed by atoms with Gasteiger partial charge in [-0.1, -0.05) is 143 Å². The maximum Gasteiger partial charge on any atom is 0.160 e. The molecule has 0 spiro atoms. The molecule has 1 aliphatic rings. The Hall–Kier alpha value is -3.88. The summed E-state index contributed by atoms with van der Waals surface area (Å²) in [5, 5.41) is 0. The van der Waals surface area contributed by atoms with Crippen molar-refractivity contribution in [3.8, 4) is 5.75 Å². The van der Waals surface area contributed by atoms with E-state index in [0.717, 1.165) is 27.8 Å². The normalized spacial score (nSPS) is 15.8. The summed E-state index contributed by atoms with van der Waals surface area (Å²) in [5.74, 6) is 1.04. The zero-order valence-electron chi connectivity index (χ0n) is 20.4. The smallest absolute Gasteiger partial charge is 0.160 e. The lowest BCUT2D eigenvalue weighted by Gasteiger charge is -2.43. The maximum absolute atomic E-state index is 7.02. The quantitative estimate of drug-likeness (QED) is 0.215. The number of benzene rings is 5. The van der Waals surface area contributed by atoms with Crippen LogP contribution < -0.4 is 4.74 Å². The van der Waals surface area contributed by atoms with Gasteiger partial charge < -0.3 is 4.74 Å². The van der Waals surface area contributed by atoms with Crippen LogP contribution in [0.1, 0.15) is 40.2 Å². The van der Waals surface area contributed by atoms with Crippen molar-refractivity contribution < 1.29 is 4.74 Å². The zero-order valence-corrected chi connectivity index (χ0v) is 22.0. The molecule has 6 rings (SSSR count). The Morgan fingerprint density at radius 1 is 0.649 bits per heavy atom. The van der Waals surface area contributed by atoms with Gasteiger partial charge in [0.2, 0.25) is 0 Å². The summed E-state index contributed by atoms with van der Waals surface area (Å²) < 4.78 is 8.08. The molecule has 180 valence electrons. The summed E-state index contributed by atoms with van der Waals surface area (Å²) >= 11 is 3.72. The Kier molecular flexibility index (Phi) is 6.51. The molecule has 0 radical (unpaired) electrons. The molecule has 0 bridgehead atoms. The third kappa shape index (κ3) is 4.65. The number of hydrogen-bond donors (Lipinski definition) is 0. The Balaban J connectivity index is 1.59. The van der Waals surface area contributed by atoms with Crippen LogP contribution in [-0.4, -0.2) is 0 Å². The van der Waals surface area contributed by atoms with E-state index in [1.54, 1.807) is 0 Å². The molecule has 1 aliphatic heterocycles. The highest BCUT2D eigenvalue weighted by Crippen LogP contribution is 2.51. The van der Waals surface area contributed by atoms with E-state index in [2.05, 4.69) is 162 Å². The standard InChI is InChI=1S/C35H27BrO/c36-31-21-22-34-33(24-31)28(23-32(26-13-5-1-6-14-26)27-15-7-2-8-16-27)25-35(37-34,29-17-9-3-10-18-29)30-19-11-4-12-20-30/h1-24,28H,25H2. The fraction of sp³-hybridized carbons (Fsp3) is 0.0857. The fourth-order valence-corrected chi connectivity index (χ4v) is 5.81. The highest BCUT2D eigenvalue weighted by molar-refractivity contribution is 9.10. The number of hydrogen-bond acceptors (Lipinski definition) is 1. The van der Waals surface area contributed by atoms with E-state index in [1.807, 2.05) is 0 Å². The minimum atomic E-state index is -0.608. The summed E-state index contributed by atoms with van der Waals surface area (Å²) in [4.78, 5) is 0. The Bertz CT molecular complexity index is 1430. The van der Waals surface area contributed by atoms with Gasteiger partial charge in [-0.25, -0.2) is 0 Å². The van der Waals surface area contributed by atoms with Crippen LogP contribution in [0.3, 0.4) is 0 Å². The third-order valence-corrected chi connectivity index (χ3v) is 7.67. The summed E-state index contributed by atoms with van der Waals surface area (Å²) in [6, 6.07) is 49.0. The molecule has 0 aromatic heterocycles. The SMILES string of the molecule is Brc1ccc2c(c1)C(C=C(c1ccccc1)c1ccccc1)CC(c1ccccc1)(c1ccccc1)O2. The summed E-state index contributed by atoms with van der Waals surface area (Å²) in [6.45, 7) is 0. The van der Waals surface area contributed by atoms with E-state index in [0.29, 0.717) is 0 Å². The van der Waals surface area contributed by atoms with Crippen molar-refractivity contribution in [3.63, 3.8) is 0 Å². The highest BCUT2D eigenvalue weighted by atomic mass is 79.9. The lowest BCUT2D eigenvalue weighted by atomic mass is 9.74. The van der Waals surface area contributed by atoms with E-state index in [1.165, 1.54) is 22.3 Å². The topological polar surface area (TPSA) is 9.23 Å². The van der Waals surface area contributed by atoms with Gasteiger partial charge in [-0.05, 0) is 46.0 Å². The third-order valence-electron chi connectivity index (χ3n) is 7.18. The van der Waals surface area contributed by atoms with E-state index >= 15 is 0 Å². The molecule has 0 saturated heterocycles. The lowest BCUT2D eigenvalue weighted by Crippen LogP contribution is -2.39. The van der Waals surface area contributed by atoms with Crippen LogP contribution in [0.5, 0.6) is 5.75 Å². The molecule has 2 heteroatoms. The van der Waals surface area contributed by atoms with Crippen molar-refractivity contribution in [2.24, 2.45) is 0 Å². The predicted octanol–water partition coefficient (Wildman–Crippen LogP) is 9.39. The number of rotatable bonds is 5. The van der Waals surface area contributed by atoms with E-state index < -0.39 is 5.60 Å². The number of fused-ring (bicyclic) bond motifs is 1. The van der Waals surface area contributed by atoms with Crippen LogP contribution in [0.2, 0.25) is 0 Å². The van der Waals surface area contributed by atoms with Gasteiger partial charge in [-0.15, -0.1) is 0 Å². The molecule has 0 fully saturated rings. The zero-order chi connectivity index (χ0) is 25.1. The van der Waals surface area contributed by atoms with Crippen LogP contribution in [0.4, 0.5) is 0 Å². The molecule has 0 amide bonds. The van der Waals surface area contributed by atoms with Crippen molar-refractivity contribution in [1.29, 1.82) is 0 Å². The van der Waals surface area contributed by atoms with Crippen LogP contribution in [0, 0.1) is 0 Å². The van der Waals surface area contributed by atoms with Gasteiger partial charge in [0.25, 0.3) is 0 Å². The molecule has 1 unspecified atom stereocenters. The minimum Gasteiger partial charge on any atom is -0.477 e. The molecule has 1 atom stereocenters. The van der Waals surface area contributed by atoms with Gasteiger partial charge in [0, 0.05) is 22.4 Å². The first kappa shape index (κ1) is 23.5. The second-order valence-electron chi connectivity index (χ2n) is 9.47. The van der Waals surface area contributed by atoms with Crippen LogP contribution >= 0.6 is 15.9 Å². The van der Waals surface area contributed by atoms with Crippen LogP contribution in [0.15, 0.2) is 150 Å². The molecule has 1 nitrogen and oxygen atoms in total. The number of ether oxygens (including phenoxy) is 1. The molecule has 37 heavy (non-hydrogen) atoms. The second-order valence-corrected chi connectivity index (χ2v) is 10.4. The molecule has 1 heterocycles. The average Bonchev–Trinajstić information content (AvgIpc) is 2.97. The van der Waals surface area contributed by atoms with Gasteiger partial charge in [-0.3, -0.25) is 0 Å². The molecule has 5 aromatic rings. The molecule has 5 aromatic carbocycles. The largest absolute Gasteiger partial charge is 0.477 e. The van der Waals surface area contributed by atoms with Gasteiger partial charge in [-0.2, -0.15) is 0 Å². The van der Waals surface area contributed by atoms with Crippen molar-refractivity contribution in [3.05, 3.63) is 178 Å². The number of allylic oxidation sites excluding steroid dienone is 1. The van der Waals surface area contributed by atoms with Crippen LogP contribution in [0.25, 0.3) is 5.57 Å². The van der Waals surface area contributed by atoms with Crippen molar-refractivity contribution in [1.82, 2.24) is 0 Å². The van der Waals surface area contributed by atoms with Gasteiger partial charge >= 0.3 is 0 Å². The van der Waals surface area contributed by atoms with Crippen LogP contribution in [-0.2, 0) is 5.60 Å². The van der Waals surface area contributed by atoms with Crippen molar-refractivity contribution >= 4 is 21.5 Å². The first-order chi connectivity index (χ1) is 18.2. The van der Waals surface area contributed by atoms with Gasteiger partial charge in [0.05, 0.1) is 0 Å². The first-order valence-corrected chi connectivity index (χ1v) is 13.4. The van der Waals surface area contributed by atoms with Crippen molar-refractivity contribution in [2.75, 3.05) is 0 Å². The minimum absolute atomic E-state index is 0.122. The van der Waals surface area contributed by atoms with E-state index in [4.69, 9.17) is 4.74 Å². The number of halogens is 1. The first-order valence-electron chi connectivity index (χ1n) is 12.7. The van der Waals surface area contributed by atoms with Crippen molar-refractivity contribution in [2.45, 2.75) is 17.9 Å². The van der Waals surface area contributed by atoms with Gasteiger partial charge in [0.15, 0.2) is 5.60 Å². The molecule has 0 aliphatic carbocycles. The fourth-order valence-electron chi connectivity index (χ4n) is 5.43. The van der Waals surface area contributed by atoms with E-state index in [-0.39, 0.29) is 5.92 Å². The molecular weight excluding hydrogens is 516 g/mol. The van der Waals surface area contributed by atoms with E-state index in [9.17, 15) is 0 Å². The second kappa shape index (κ2) is 10.2. The Morgan fingerprint density at radius 2 is 1.14 bits per heavy atom. The lowest BCUT2D eigenvalue weighted by molar-refractivity contribution is 0.0786. The highest BCUT2D eigenvalue weighted by Gasteiger charge is 2.43. The molecular formula is C35H27BrO. The summed E-state index contributed by atoms with van der Waals surface area (Å²) in [5.41, 5.74) is 6.56. The molecule has 0 saturated carbocycles. The maximum atomic E-state index is 7.02. The summed E-state index contributed by atoms with van der Waals surface area (Å²) in [6.07, 6.45) is 3.23. The van der Waals surface area contributed by atoms with Gasteiger partial charge in [0.1, 0.15) is 5.75 Å². The monoisotopic (exact) mass is 542 g/mol. The average molecular weight is 544 g/mol. The summed E-state index contributed by atoms with van der Waals surface area (Å²) in [7, 11) is 0. The Morgan fingerprint density at radius 3 is 1.65 bits per heavy atom. The predicted molar refractivity (Wildman–Crippen MR) is 156 cm³/mol. The Labute approximate surface area is 227 Å². The molecule has 0 N–H and O–H groups in total.